The van der Waals surface area contributed by atoms with Crippen molar-refractivity contribution in [1.82, 2.24) is 9.97 Å². The predicted octanol–water partition coefficient (Wildman–Crippen LogP) is 3.27. The van der Waals surface area contributed by atoms with Crippen LogP contribution < -0.4 is 0 Å². The van der Waals surface area contributed by atoms with E-state index in [1.54, 1.807) is 11.8 Å². The van der Waals surface area contributed by atoms with E-state index in [4.69, 9.17) is 5.26 Å². The van der Waals surface area contributed by atoms with Gasteiger partial charge in [-0.1, -0.05) is 24.6 Å². The molecular formula is C13H17N3S. The second kappa shape index (κ2) is 5.50. The molecule has 0 amide bonds. The summed E-state index contributed by atoms with van der Waals surface area (Å²) in [4.78, 5) is 8.88. The van der Waals surface area contributed by atoms with Gasteiger partial charge in [0.15, 0.2) is 5.16 Å². The van der Waals surface area contributed by atoms with Gasteiger partial charge in [0.2, 0.25) is 0 Å². The zero-order valence-corrected chi connectivity index (χ0v) is 11.1. The van der Waals surface area contributed by atoms with Crippen LogP contribution in [0.4, 0.5) is 0 Å². The van der Waals surface area contributed by atoms with Gasteiger partial charge in [-0.05, 0) is 32.8 Å². The van der Waals surface area contributed by atoms with E-state index in [0.717, 1.165) is 29.4 Å². The molecule has 2 rings (SSSR count). The number of aryl methyl sites for hydroxylation is 2. The molecule has 1 aliphatic carbocycles. The number of rotatable bonds is 2. The predicted molar refractivity (Wildman–Crippen MR) is 68.7 cm³/mol. The number of thioether (sulfide) groups is 1. The Morgan fingerprint density at radius 3 is 2.53 bits per heavy atom. The molecule has 1 fully saturated rings. The minimum absolute atomic E-state index is 0.165. The third-order valence-electron chi connectivity index (χ3n) is 3.09. The van der Waals surface area contributed by atoms with E-state index in [9.17, 15) is 0 Å². The van der Waals surface area contributed by atoms with Crippen LogP contribution in [0.2, 0.25) is 0 Å². The van der Waals surface area contributed by atoms with Gasteiger partial charge in [0.25, 0.3) is 0 Å². The molecule has 4 heteroatoms. The van der Waals surface area contributed by atoms with E-state index in [0.29, 0.717) is 5.25 Å². The minimum atomic E-state index is 0.165. The van der Waals surface area contributed by atoms with Crippen LogP contribution in [0.5, 0.6) is 0 Å². The smallest absolute Gasteiger partial charge is 0.188 e. The van der Waals surface area contributed by atoms with Crippen LogP contribution in [-0.4, -0.2) is 15.2 Å². The molecule has 0 radical (unpaired) electrons. The molecule has 17 heavy (non-hydrogen) atoms. The largest absolute Gasteiger partial charge is 0.228 e. The lowest BCUT2D eigenvalue weighted by atomic mass is 9.90. The van der Waals surface area contributed by atoms with Gasteiger partial charge in [-0.15, -0.1) is 0 Å². The van der Waals surface area contributed by atoms with Gasteiger partial charge in [-0.2, -0.15) is 5.26 Å². The molecule has 1 saturated carbocycles. The van der Waals surface area contributed by atoms with Crippen LogP contribution in [0.1, 0.15) is 37.1 Å². The van der Waals surface area contributed by atoms with E-state index < -0.39 is 0 Å². The molecular weight excluding hydrogens is 230 g/mol. The summed E-state index contributed by atoms with van der Waals surface area (Å²) in [5, 5.41) is 10.3. The number of nitriles is 1. The second-order valence-corrected chi connectivity index (χ2v) is 5.82. The quantitative estimate of drug-likeness (QED) is 0.753. The Kier molecular flexibility index (Phi) is 4.01. The first-order valence-electron chi connectivity index (χ1n) is 6.07. The molecule has 0 spiro atoms. The van der Waals surface area contributed by atoms with Crippen molar-refractivity contribution >= 4 is 11.8 Å². The summed E-state index contributed by atoms with van der Waals surface area (Å²) < 4.78 is 0. The SMILES string of the molecule is Cc1cc(C)nc(SC2CCCCC2C#N)n1. The summed E-state index contributed by atoms with van der Waals surface area (Å²) >= 11 is 1.68. The Morgan fingerprint density at radius 1 is 1.24 bits per heavy atom. The maximum atomic E-state index is 9.14. The maximum Gasteiger partial charge on any atom is 0.188 e. The fourth-order valence-electron chi connectivity index (χ4n) is 2.27. The van der Waals surface area contributed by atoms with Crippen molar-refractivity contribution in [3.8, 4) is 6.07 Å². The molecule has 1 aromatic heterocycles. The van der Waals surface area contributed by atoms with Crippen molar-refractivity contribution in [1.29, 1.82) is 5.26 Å². The van der Waals surface area contributed by atoms with Gasteiger partial charge in [-0.3, -0.25) is 0 Å². The lowest BCUT2D eigenvalue weighted by Crippen LogP contribution is -2.20. The Morgan fingerprint density at radius 2 is 1.88 bits per heavy atom. The first-order chi connectivity index (χ1) is 8.19. The summed E-state index contributed by atoms with van der Waals surface area (Å²) in [7, 11) is 0. The van der Waals surface area contributed by atoms with E-state index in [1.807, 2.05) is 19.9 Å². The Hall–Kier alpha value is -1.08. The van der Waals surface area contributed by atoms with Crippen molar-refractivity contribution in [3.05, 3.63) is 17.5 Å². The van der Waals surface area contributed by atoms with Crippen LogP contribution in [0.15, 0.2) is 11.2 Å². The highest BCUT2D eigenvalue weighted by atomic mass is 32.2. The number of hydrogen-bond acceptors (Lipinski definition) is 4. The molecule has 0 N–H and O–H groups in total. The van der Waals surface area contributed by atoms with Crippen molar-refractivity contribution in [2.24, 2.45) is 5.92 Å². The molecule has 1 aromatic rings. The van der Waals surface area contributed by atoms with Gasteiger partial charge in [0.05, 0.1) is 12.0 Å². The lowest BCUT2D eigenvalue weighted by Gasteiger charge is -2.25. The van der Waals surface area contributed by atoms with Crippen molar-refractivity contribution in [3.63, 3.8) is 0 Å². The van der Waals surface area contributed by atoms with E-state index >= 15 is 0 Å². The Labute approximate surface area is 107 Å². The van der Waals surface area contributed by atoms with Crippen LogP contribution in [0.3, 0.4) is 0 Å². The standard InChI is InChI=1S/C13H17N3S/c1-9-7-10(2)16-13(15-9)17-12-6-4-3-5-11(12)8-14/h7,11-12H,3-6H2,1-2H3. The molecule has 1 heterocycles. The van der Waals surface area contributed by atoms with Crippen LogP contribution in [-0.2, 0) is 0 Å². The molecule has 90 valence electrons. The fourth-order valence-corrected chi connectivity index (χ4v) is 3.58. The van der Waals surface area contributed by atoms with Gasteiger partial charge < -0.3 is 0 Å². The fraction of sp³-hybridized carbons (Fsp3) is 0.615. The van der Waals surface area contributed by atoms with Gasteiger partial charge in [0, 0.05) is 16.6 Å². The second-order valence-electron chi connectivity index (χ2n) is 4.61. The van der Waals surface area contributed by atoms with Crippen LogP contribution >= 0.6 is 11.8 Å². The molecule has 0 aliphatic heterocycles. The third-order valence-corrected chi connectivity index (χ3v) is 4.35. The molecule has 0 aromatic carbocycles. The van der Waals surface area contributed by atoms with Gasteiger partial charge >= 0.3 is 0 Å². The zero-order chi connectivity index (χ0) is 12.3. The minimum Gasteiger partial charge on any atom is -0.228 e. The first kappa shape index (κ1) is 12.4. The van der Waals surface area contributed by atoms with E-state index in [2.05, 4.69) is 16.0 Å². The molecule has 3 nitrogen and oxygen atoms in total. The number of aromatic nitrogens is 2. The summed E-state index contributed by atoms with van der Waals surface area (Å²) in [5.41, 5.74) is 2.01. The Balaban J connectivity index is 2.11. The van der Waals surface area contributed by atoms with Crippen molar-refractivity contribution in [2.45, 2.75) is 49.9 Å². The first-order valence-corrected chi connectivity index (χ1v) is 6.95. The van der Waals surface area contributed by atoms with Crippen LogP contribution in [0, 0.1) is 31.1 Å². The van der Waals surface area contributed by atoms with Crippen molar-refractivity contribution < 1.29 is 0 Å². The van der Waals surface area contributed by atoms with Crippen molar-refractivity contribution in [2.75, 3.05) is 0 Å². The average molecular weight is 247 g/mol. The zero-order valence-electron chi connectivity index (χ0n) is 10.3. The summed E-state index contributed by atoms with van der Waals surface area (Å²) in [6.45, 7) is 3.97. The average Bonchev–Trinajstić information content (AvgIpc) is 2.28. The summed E-state index contributed by atoms with van der Waals surface area (Å²) in [6.07, 6.45) is 4.54. The molecule has 0 bridgehead atoms. The van der Waals surface area contributed by atoms with Gasteiger partial charge in [-0.25, -0.2) is 9.97 Å². The maximum absolute atomic E-state index is 9.14. The lowest BCUT2D eigenvalue weighted by molar-refractivity contribution is 0.439. The highest BCUT2D eigenvalue weighted by molar-refractivity contribution is 7.99. The molecule has 2 atom stereocenters. The highest BCUT2D eigenvalue weighted by Gasteiger charge is 2.26. The Bertz CT molecular complexity index is 419. The number of nitrogens with zero attached hydrogens (tertiary/aromatic N) is 3. The highest BCUT2D eigenvalue weighted by Crippen LogP contribution is 2.35. The topological polar surface area (TPSA) is 49.6 Å². The van der Waals surface area contributed by atoms with E-state index in [1.165, 1.54) is 12.8 Å². The summed E-state index contributed by atoms with van der Waals surface area (Å²) in [5.74, 6) is 0.165. The molecule has 2 unspecified atom stereocenters. The molecule has 0 saturated heterocycles. The normalized spacial score (nSPS) is 24.3. The molecule has 1 aliphatic rings. The van der Waals surface area contributed by atoms with E-state index in [-0.39, 0.29) is 5.92 Å². The monoisotopic (exact) mass is 247 g/mol. The van der Waals surface area contributed by atoms with Gasteiger partial charge in [0.1, 0.15) is 0 Å². The third kappa shape index (κ3) is 3.19. The van der Waals surface area contributed by atoms with Crippen LogP contribution in [0.25, 0.3) is 0 Å². The summed E-state index contributed by atoms with van der Waals surface area (Å²) in [6, 6.07) is 4.41. The number of hydrogen-bond donors (Lipinski definition) is 0.